The number of ether oxygens (including phenoxy) is 2. The molecule has 0 atom stereocenters. The molecule has 1 fully saturated rings. The molecule has 146 valence electrons. The second kappa shape index (κ2) is 8.89. The lowest BCUT2D eigenvalue weighted by Crippen LogP contribution is -2.47. The van der Waals surface area contributed by atoms with Gasteiger partial charge in [0.1, 0.15) is 0 Å². The third-order valence-electron chi connectivity index (χ3n) is 5.03. The first-order chi connectivity index (χ1) is 13.8. The Hall–Kier alpha value is -2.86. The van der Waals surface area contributed by atoms with Gasteiger partial charge in [-0.1, -0.05) is 6.07 Å². The van der Waals surface area contributed by atoms with Crippen LogP contribution < -0.4 is 9.47 Å². The maximum Gasteiger partial charge on any atom is 0.246 e. The van der Waals surface area contributed by atoms with Crippen LogP contribution in [0.5, 0.6) is 11.5 Å². The van der Waals surface area contributed by atoms with Crippen LogP contribution in [0.4, 0.5) is 0 Å². The molecule has 1 saturated heterocycles. The molecule has 0 bridgehead atoms. The first kappa shape index (κ1) is 18.5. The Bertz CT molecular complexity index is 830. The Morgan fingerprint density at radius 1 is 1.00 bits per heavy atom. The van der Waals surface area contributed by atoms with Gasteiger partial charge in [-0.2, -0.15) is 0 Å². The predicted octanol–water partition coefficient (Wildman–Crippen LogP) is 2.60. The molecule has 28 heavy (non-hydrogen) atoms. The van der Waals surface area contributed by atoms with Gasteiger partial charge in [-0.3, -0.25) is 14.7 Å². The van der Waals surface area contributed by atoms with Crippen molar-refractivity contribution in [2.24, 2.45) is 0 Å². The Labute approximate surface area is 165 Å². The Balaban J connectivity index is 1.30. The van der Waals surface area contributed by atoms with E-state index in [-0.39, 0.29) is 5.91 Å². The molecule has 0 saturated carbocycles. The molecule has 0 spiro atoms. The van der Waals surface area contributed by atoms with Crippen LogP contribution in [-0.4, -0.2) is 60.1 Å². The van der Waals surface area contributed by atoms with Crippen molar-refractivity contribution >= 4 is 12.0 Å². The minimum atomic E-state index is 0.0515. The number of pyridine rings is 1. The van der Waals surface area contributed by atoms with Crippen LogP contribution in [-0.2, 0) is 11.3 Å². The average molecular weight is 379 g/mol. The summed E-state index contributed by atoms with van der Waals surface area (Å²) >= 11 is 0. The number of aromatic nitrogens is 1. The summed E-state index contributed by atoms with van der Waals surface area (Å²) in [6, 6.07) is 9.86. The Kier molecular flexibility index (Phi) is 5.87. The second-order valence-electron chi connectivity index (χ2n) is 7.05. The van der Waals surface area contributed by atoms with Crippen molar-refractivity contribution < 1.29 is 14.3 Å². The number of piperazine rings is 1. The van der Waals surface area contributed by atoms with Crippen molar-refractivity contribution in [2.75, 3.05) is 39.4 Å². The molecule has 1 aromatic heterocycles. The zero-order valence-corrected chi connectivity index (χ0v) is 15.9. The van der Waals surface area contributed by atoms with Gasteiger partial charge in [-0.15, -0.1) is 0 Å². The van der Waals surface area contributed by atoms with Gasteiger partial charge in [-0.05, 0) is 41.5 Å². The summed E-state index contributed by atoms with van der Waals surface area (Å²) in [7, 11) is 0. The minimum absolute atomic E-state index is 0.0515. The molecule has 3 heterocycles. The van der Waals surface area contributed by atoms with Crippen molar-refractivity contribution in [3.05, 3.63) is 59.9 Å². The van der Waals surface area contributed by atoms with Crippen LogP contribution in [0.1, 0.15) is 17.5 Å². The number of benzene rings is 1. The van der Waals surface area contributed by atoms with Crippen molar-refractivity contribution in [3.63, 3.8) is 0 Å². The highest BCUT2D eigenvalue weighted by atomic mass is 16.5. The van der Waals surface area contributed by atoms with Crippen LogP contribution in [0, 0.1) is 0 Å². The second-order valence-corrected chi connectivity index (χ2v) is 7.05. The lowest BCUT2D eigenvalue weighted by molar-refractivity contribution is -0.127. The number of amides is 1. The lowest BCUT2D eigenvalue weighted by atomic mass is 10.1. The van der Waals surface area contributed by atoms with Crippen LogP contribution in [0.25, 0.3) is 6.08 Å². The third-order valence-corrected chi connectivity index (χ3v) is 5.03. The van der Waals surface area contributed by atoms with Crippen LogP contribution in [0.3, 0.4) is 0 Å². The largest absolute Gasteiger partial charge is 0.490 e. The van der Waals surface area contributed by atoms with E-state index in [1.165, 1.54) is 5.56 Å². The molecule has 1 aromatic carbocycles. The number of rotatable bonds is 4. The highest BCUT2D eigenvalue weighted by Gasteiger charge is 2.19. The molecule has 0 aliphatic carbocycles. The molecule has 2 aliphatic rings. The number of hydrogen-bond acceptors (Lipinski definition) is 5. The molecule has 2 aromatic rings. The smallest absolute Gasteiger partial charge is 0.246 e. The van der Waals surface area contributed by atoms with E-state index in [1.54, 1.807) is 6.08 Å². The zero-order valence-electron chi connectivity index (χ0n) is 15.9. The van der Waals surface area contributed by atoms with Gasteiger partial charge in [0.25, 0.3) is 0 Å². The summed E-state index contributed by atoms with van der Waals surface area (Å²) in [4.78, 5) is 20.9. The molecule has 4 rings (SSSR count). The number of fused-ring (bicyclic) bond motifs is 1. The standard InChI is InChI=1S/C22H25N3O3/c26-22(5-3-18-2-4-20-21(16-18)28-15-1-14-27-20)25-12-10-24(11-13-25)17-19-6-8-23-9-7-19/h2-9,16H,1,10-15,17H2/b5-3+. The van der Waals surface area contributed by atoms with E-state index in [2.05, 4.69) is 9.88 Å². The molecular formula is C22H25N3O3. The molecule has 0 radical (unpaired) electrons. The van der Waals surface area contributed by atoms with E-state index in [9.17, 15) is 4.79 Å². The summed E-state index contributed by atoms with van der Waals surface area (Å²) in [5, 5.41) is 0. The SMILES string of the molecule is O=C(/C=C/c1ccc2c(c1)OCCCO2)N1CCN(Cc2ccncc2)CC1. The normalized spacial score (nSPS) is 17.5. The van der Waals surface area contributed by atoms with Crippen LogP contribution >= 0.6 is 0 Å². The number of carbonyl (C=O) groups is 1. The molecule has 6 nitrogen and oxygen atoms in total. The maximum absolute atomic E-state index is 12.5. The summed E-state index contributed by atoms with van der Waals surface area (Å²) < 4.78 is 11.4. The number of nitrogens with zero attached hydrogens (tertiary/aromatic N) is 3. The highest BCUT2D eigenvalue weighted by molar-refractivity contribution is 5.92. The fraction of sp³-hybridized carbons (Fsp3) is 0.364. The number of carbonyl (C=O) groups excluding carboxylic acids is 1. The van der Waals surface area contributed by atoms with Crippen molar-refractivity contribution in [1.29, 1.82) is 0 Å². The van der Waals surface area contributed by atoms with E-state index >= 15 is 0 Å². The number of hydrogen-bond donors (Lipinski definition) is 0. The van der Waals surface area contributed by atoms with Crippen LogP contribution in [0.15, 0.2) is 48.8 Å². The van der Waals surface area contributed by atoms with E-state index in [1.807, 2.05) is 53.7 Å². The average Bonchev–Trinajstić information content (AvgIpc) is 2.98. The monoisotopic (exact) mass is 379 g/mol. The van der Waals surface area contributed by atoms with E-state index < -0.39 is 0 Å². The van der Waals surface area contributed by atoms with Gasteiger partial charge in [0.05, 0.1) is 13.2 Å². The van der Waals surface area contributed by atoms with Gasteiger partial charge >= 0.3 is 0 Å². The zero-order chi connectivity index (χ0) is 19.2. The van der Waals surface area contributed by atoms with E-state index in [0.29, 0.717) is 13.2 Å². The highest BCUT2D eigenvalue weighted by Crippen LogP contribution is 2.30. The van der Waals surface area contributed by atoms with Gasteiger partial charge in [0.2, 0.25) is 5.91 Å². The first-order valence-corrected chi connectivity index (χ1v) is 9.76. The summed E-state index contributed by atoms with van der Waals surface area (Å²) in [5.41, 5.74) is 2.19. The van der Waals surface area contributed by atoms with Crippen LogP contribution in [0.2, 0.25) is 0 Å². The van der Waals surface area contributed by atoms with Gasteiger partial charge in [0.15, 0.2) is 11.5 Å². The van der Waals surface area contributed by atoms with Gasteiger partial charge in [-0.25, -0.2) is 0 Å². The summed E-state index contributed by atoms with van der Waals surface area (Å²) in [5.74, 6) is 1.57. The van der Waals surface area contributed by atoms with Gasteiger partial charge < -0.3 is 14.4 Å². The molecule has 2 aliphatic heterocycles. The summed E-state index contributed by atoms with van der Waals surface area (Å²) in [6.45, 7) is 5.48. The Morgan fingerprint density at radius 2 is 1.75 bits per heavy atom. The van der Waals surface area contributed by atoms with E-state index in [0.717, 1.165) is 56.2 Å². The van der Waals surface area contributed by atoms with E-state index in [4.69, 9.17) is 9.47 Å². The molecule has 0 N–H and O–H groups in total. The molecular weight excluding hydrogens is 354 g/mol. The molecule has 6 heteroatoms. The van der Waals surface area contributed by atoms with Crippen molar-refractivity contribution in [1.82, 2.24) is 14.8 Å². The summed E-state index contributed by atoms with van der Waals surface area (Å²) in [6.07, 6.45) is 8.02. The van der Waals surface area contributed by atoms with Crippen molar-refractivity contribution in [3.8, 4) is 11.5 Å². The third kappa shape index (κ3) is 4.70. The maximum atomic E-state index is 12.5. The van der Waals surface area contributed by atoms with Gasteiger partial charge in [0, 0.05) is 57.6 Å². The lowest BCUT2D eigenvalue weighted by Gasteiger charge is -2.34. The topological polar surface area (TPSA) is 54.9 Å². The fourth-order valence-corrected chi connectivity index (χ4v) is 3.43. The first-order valence-electron chi connectivity index (χ1n) is 9.76. The molecule has 0 unspecified atom stereocenters. The fourth-order valence-electron chi connectivity index (χ4n) is 3.43. The predicted molar refractivity (Wildman–Crippen MR) is 107 cm³/mol. The quantitative estimate of drug-likeness (QED) is 0.765. The molecule has 1 amide bonds. The Morgan fingerprint density at radius 3 is 2.54 bits per heavy atom. The minimum Gasteiger partial charge on any atom is -0.490 e. The van der Waals surface area contributed by atoms with Crippen molar-refractivity contribution in [2.45, 2.75) is 13.0 Å².